The van der Waals surface area contributed by atoms with Crippen LogP contribution in [-0.2, 0) is 13.1 Å². The van der Waals surface area contributed by atoms with Crippen LogP contribution in [0.4, 0.5) is 8.78 Å². The van der Waals surface area contributed by atoms with Crippen molar-refractivity contribution in [3.63, 3.8) is 0 Å². The first-order valence-corrected chi connectivity index (χ1v) is 6.50. The molecule has 0 saturated carbocycles. The third kappa shape index (κ3) is 3.44. The topological polar surface area (TPSA) is 46.3 Å². The lowest BCUT2D eigenvalue weighted by atomic mass is 10.1. The smallest absolute Gasteiger partial charge is 0.256 e. The second-order valence-corrected chi connectivity index (χ2v) is 4.76. The third-order valence-corrected chi connectivity index (χ3v) is 3.25. The Balaban J connectivity index is 2.19. The third-order valence-electron chi connectivity index (χ3n) is 3.25. The molecule has 0 aliphatic heterocycles. The van der Waals surface area contributed by atoms with E-state index in [1.165, 1.54) is 4.90 Å². The van der Waals surface area contributed by atoms with Crippen molar-refractivity contribution in [1.29, 1.82) is 0 Å². The molecule has 0 radical (unpaired) electrons. The molecule has 2 N–H and O–H groups in total. The van der Waals surface area contributed by atoms with Crippen LogP contribution < -0.4 is 5.73 Å². The lowest BCUT2D eigenvalue weighted by molar-refractivity contribution is 0.0780. The van der Waals surface area contributed by atoms with Gasteiger partial charge in [-0.05, 0) is 23.3 Å². The van der Waals surface area contributed by atoms with E-state index in [0.29, 0.717) is 19.2 Å². The molecule has 2 rings (SSSR count). The summed E-state index contributed by atoms with van der Waals surface area (Å²) in [5.41, 5.74) is 7.33. The van der Waals surface area contributed by atoms with E-state index in [-0.39, 0.29) is 5.56 Å². The average molecular weight is 290 g/mol. The fourth-order valence-electron chi connectivity index (χ4n) is 2.11. The van der Waals surface area contributed by atoms with Crippen LogP contribution in [0.2, 0.25) is 0 Å². The number of nitrogens with zero attached hydrogens (tertiary/aromatic N) is 1. The zero-order chi connectivity index (χ0) is 15.4. The summed E-state index contributed by atoms with van der Waals surface area (Å²) in [5, 5.41) is 0. The predicted molar refractivity (Wildman–Crippen MR) is 76.5 cm³/mol. The van der Waals surface area contributed by atoms with Crippen LogP contribution in [0, 0.1) is 11.6 Å². The number of rotatable bonds is 4. The number of nitrogens with two attached hydrogens (primary N) is 1. The van der Waals surface area contributed by atoms with Crippen molar-refractivity contribution in [3.05, 3.63) is 70.8 Å². The Morgan fingerprint density at radius 1 is 1.14 bits per heavy atom. The quantitative estimate of drug-likeness (QED) is 0.941. The highest BCUT2D eigenvalue weighted by Crippen LogP contribution is 2.15. The molecular weight excluding hydrogens is 274 g/mol. The molecule has 2 aromatic rings. The molecule has 1 amide bonds. The van der Waals surface area contributed by atoms with E-state index in [2.05, 4.69) is 0 Å². The molecule has 0 spiro atoms. The summed E-state index contributed by atoms with van der Waals surface area (Å²) in [5.74, 6) is -2.07. The monoisotopic (exact) mass is 290 g/mol. The van der Waals surface area contributed by atoms with Crippen molar-refractivity contribution < 1.29 is 13.6 Å². The summed E-state index contributed by atoms with van der Waals surface area (Å²) in [6.07, 6.45) is 0. The van der Waals surface area contributed by atoms with Crippen LogP contribution in [0.25, 0.3) is 0 Å². The van der Waals surface area contributed by atoms with Crippen LogP contribution in [0.5, 0.6) is 0 Å². The van der Waals surface area contributed by atoms with E-state index >= 15 is 0 Å². The van der Waals surface area contributed by atoms with Gasteiger partial charge in [-0.2, -0.15) is 0 Å². The SMILES string of the molecule is CN(Cc1ccccc1CN)C(=O)c1ccc(F)cc1F. The van der Waals surface area contributed by atoms with Crippen molar-refractivity contribution >= 4 is 5.91 Å². The number of amides is 1. The molecule has 0 atom stereocenters. The number of carbonyl (C=O) groups excluding carboxylic acids is 1. The van der Waals surface area contributed by atoms with Crippen molar-refractivity contribution in [3.8, 4) is 0 Å². The normalized spacial score (nSPS) is 10.5. The van der Waals surface area contributed by atoms with E-state index < -0.39 is 17.5 Å². The first-order valence-electron chi connectivity index (χ1n) is 6.50. The number of benzene rings is 2. The molecule has 0 aromatic heterocycles. The van der Waals surface area contributed by atoms with Crippen molar-refractivity contribution in [2.45, 2.75) is 13.1 Å². The van der Waals surface area contributed by atoms with E-state index in [0.717, 1.165) is 23.3 Å². The average Bonchev–Trinajstić information content (AvgIpc) is 2.47. The van der Waals surface area contributed by atoms with Gasteiger partial charge in [0.2, 0.25) is 0 Å². The Morgan fingerprint density at radius 3 is 2.43 bits per heavy atom. The van der Waals surface area contributed by atoms with Crippen molar-refractivity contribution in [2.24, 2.45) is 5.73 Å². The van der Waals surface area contributed by atoms with Gasteiger partial charge in [-0.25, -0.2) is 8.78 Å². The molecule has 0 fully saturated rings. The molecule has 0 unspecified atom stereocenters. The van der Waals surface area contributed by atoms with Gasteiger partial charge >= 0.3 is 0 Å². The van der Waals surface area contributed by atoms with E-state index in [1.807, 2.05) is 24.3 Å². The molecule has 0 saturated heterocycles. The minimum Gasteiger partial charge on any atom is -0.337 e. The molecular formula is C16H16F2N2O. The second-order valence-electron chi connectivity index (χ2n) is 4.76. The zero-order valence-electron chi connectivity index (χ0n) is 11.6. The maximum atomic E-state index is 13.6. The molecule has 21 heavy (non-hydrogen) atoms. The minimum absolute atomic E-state index is 0.149. The predicted octanol–water partition coefficient (Wildman–Crippen LogP) is 2.70. The van der Waals surface area contributed by atoms with Crippen LogP contribution in [0.3, 0.4) is 0 Å². The van der Waals surface area contributed by atoms with Gasteiger partial charge in [-0.1, -0.05) is 24.3 Å². The summed E-state index contributed by atoms with van der Waals surface area (Å²) in [4.78, 5) is 13.6. The standard InChI is InChI=1S/C16H16F2N2O/c1-20(10-12-5-3-2-4-11(12)9-19)16(21)14-7-6-13(17)8-15(14)18/h2-8H,9-10,19H2,1H3. The Hall–Kier alpha value is -2.27. The highest BCUT2D eigenvalue weighted by atomic mass is 19.1. The summed E-state index contributed by atoms with van der Waals surface area (Å²) in [6, 6.07) is 10.4. The summed E-state index contributed by atoms with van der Waals surface area (Å²) < 4.78 is 26.5. The number of hydrogen-bond acceptors (Lipinski definition) is 2. The summed E-state index contributed by atoms with van der Waals surface area (Å²) in [6.45, 7) is 0.673. The maximum Gasteiger partial charge on any atom is 0.256 e. The van der Waals surface area contributed by atoms with Gasteiger partial charge < -0.3 is 10.6 Å². The maximum absolute atomic E-state index is 13.6. The first-order chi connectivity index (χ1) is 10.0. The molecule has 2 aromatic carbocycles. The Labute approximate surface area is 122 Å². The van der Waals surface area contributed by atoms with Gasteiger partial charge in [-0.15, -0.1) is 0 Å². The number of hydrogen-bond donors (Lipinski definition) is 1. The Morgan fingerprint density at radius 2 is 1.81 bits per heavy atom. The number of halogens is 2. The van der Waals surface area contributed by atoms with Crippen LogP contribution >= 0.6 is 0 Å². The molecule has 3 nitrogen and oxygen atoms in total. The van der Waals surface area contributed by atoms with Gasteiger partial charge in [0.15, 0.2) is 0 Å². The number of carbonyl (C=O) groups is 1. The van der Waals surface area contributed by atoms with Gasteiger partial charge in [-0.3, -0.25) is 4.79 Å². The molecule has 0 bridgehead atoms. The Bertz CT molecular complexity index is 658. The van der Waals surface area contributed by atoms with Crippen LogP contribution in [-0.4, -0.2) is 17.9 Å². The summed E-state index contributed by atoms with van der Waals surface area (Å²) in [7, 11) is 1.57. The summed E-state index contributed by atoms with van der Waals surface area (Å²) >= 11 is 0. The van der Waals surface area contributed by atoms with E-state index in [9.17, 15) is 13.6 Å². The van der Waals surface area contributed by atoms with Crippen molar-refractivity contribution in [1.82, 2.24) is 4.90 Å². The molecule has 0 heterocycles. The van der Waals surface area contributed by atoms with Crippen LogP contribution in [0.1, 0.15) is 21.5 Å². The largest absolute Gasteiger partial charge is 0.337 e. The van der Waals surface area contributed by atoms with E-state index in [1.54, 1.807) is 7.05 Å². The van der Waals surface area contributed by atoms with Crippen molar-refractivity contribution in [2.75, 3.05) is 7.05 Å². The van der Waals surface area contributed by atoms with Gasteiger partial charge in [0.1, 0.15) is 11.6 Å². The fraction of sp³-hybridized carbons (Fsp3) is 0.188. The van der Waals surface area contributed by atoms with Gasteiger partial charge in [0.25, 0.3) is 5.91 Å². The lowest BCUT2D eigenvalue weighted by Gasteiger charge is -2.19. The highest BCUT2D eigenvalue weighted by Gasteiger charge is 2.17. The molecule has 0 aliphatic rings. The zero-order valence-corrected chi connectivity index (χ0v) is 11.6. The van der Waals surface area contributed by atoms with E-state index in [4.69, 9.17) is 5.73 Å². The lowest BCUT2D eigenvalue weighted by Crippen LogP contribution is -2.27. The van der Waals surface area contributed by atoms with Gasteiger partial charge in [0, 0.05) is 26.2 Å². The molecule has 0 aliphatic carbocycles. The fourth-order valence-corrected chi connectivity index (χ4v) is 2.11. The highest BCUT2D eigenvalue weighted by molar-refractivity contribution is 5.94. The molecule has 110 valence electrons. The van der Waals surface area contributed by atoms with Gasteiger partial charge in [0.05, 0.1) is 5.56 Å². The molecule has 5 heteroatoms. The minimum atomic E-state index is -0.862. The first kappa shape index (κ1) is 15.1. The van der Waals surface area contributed by atoms with Crippen LogP contribution in [0.15, 0.2) is 42.5 Å². The second kappa shape index (κ2) is 6.45. The Kier molecular flexibility index (Phi) is 4.65.